The highest BCUT2D eigenvalue weighted by atomic mass is 19.1. The van der Waals surface area contributed by atoms with Gasteiger partial charge < -0.3 is 9.88 Å². The van der Waals surface area contributed by atoms with E-state index in [1.54, 1.807) is 17.0 Å². The van der Waals surface area contributed by atoms with E-state index in [0.717, 1.165) is 5.82 Å². The van der Waals surface area contributed by atoms with Gasteiger partial charge in [-0.2, -0.15) is 0 Å². The van der Waals surface area contributed by atoms with Crippen LogP contribution in [-0.2, 0) is 11.3 Å². The van der Waals surface area contributed by atoms with Gasteiger partial charge in [-0.1, -0.05) is 0 Å². The largest absolute Gasteiger partial charge is 0.326 e. The molecule has 0 fully saturated rings. The molecule has 1 N–H and O–H groups in total. The Morgan fingerprint density at radius 1 is 1.41 bits per heavy atom. The number of imidazole rings is 1. The van der Waals surface area contributed by atoms with E-state index in [0.29, 0.717) is 5.69 Å². The van der Waals surface area contributed by atoms with Crippen LogP contribution in [0.2, 0.25) is 0 Å². The number of carbonyl (C=O) groups is 1. The van der Waals surface area contributed by atoms with Crippen LogP contribution in [0.4, 0.5) is 10.1 Å². The number of halogens is 1. The molecule has 0 unspecified atom stereocenters. The lowest BCUT2D eigenvalue weighted by atomic mass is 10.3. The van der Waals surface area contributed by atoms with Gasteiger partial charge in [0.05, 0.1) is 0 Å². The molecule has 5 heteroatoms. The molecule has 0 atom stereocenters. The van der Waals surface area contributed by atoms with Gasteiger partial charge in [-0.15, -0.1) is 0 Å². The maximum atomic E-state index is 12.7. The van der Waals surface area contributed by atoms with Crippen LogP contribution in [-0.4, -0.2) is 15.5 Å². The number of rotatable bonds is 3. The zero-order valence-corrected chi connectivity index (χ0v) is 9.35. The molecular weight excluding hydrogens is 221 g/mol. The summed E-state index contributed by atoms with van der Waals surface area (Å²) in [5.41, 5.74) is 0.578. The normalized spacial score (nSPS) is 10.2. The Kier molecular flexibility index (Phi) is 3.18. The van der Waals surface area contributed by atoms with Gasteiger partial charge in [0.1, 0.15) is 18.2 Å². The molecule has 4 nitrogen and oxygen atoms in total. The molecule has 1 amide bonds. The molecule has 88 valence electrons. The first-order valence-corrected chi connectivity index (χ1v) is 5.18. The number of nitrogens with one attached hydrogen (secondary N) is 1. The second kappa shape index (κ2) is 4.78. The molecule has 0 bridgehead atoms. The van der Waals surface area contributed by atoms with Crippen molar-refractivity contribution in [2.24, 2.45) is 0 Å². The summed E-state index contributed by atoms with van der Waals surface area (Å²) in [7, 11) is 0. The SMILES string of the molecule is Cc1nccn1CC(=O)Nc1ccc(F)cc1. The average Bonchev–Trinajstić information content (AvgIpc) is 2.68. The van der Waals surface area contributed by atoms with Gasteiger partial charge in [0.2, 0.25) is 5.91 Å². The fourth-order valence-electron chi connectivity index (χ4n) is 1.46. The fourth-order valence-corrected chi connectivity index (χ4v) is 1.46. The number of hydrogen-bond donors (Lipinski definition) is 1. The highest BCUT2D eigenvalue weighted by Crippen LogP contribution is 2.08. The first kappa shape index (κ1) is 11.3. The maximum absolute atomic E-state index is 12.7. The highest BCUT2D eigenvalue weighted by molar-refractivity contribution is 5.90. The Morgan fingerprint density at radius 2 is 2.12 bits per heavy atom. The van der Waals surface area contributed by atoms with E-state index in [2.05, 4.69) is 10.3 Å². The summed E-state index contributed by atoms with van der Waals surface area (Å²) in [4.78, 5) is 15.7. The minimum absolute atomic E-state index is 0.169. The van der Waals surface area contributed by atoms with Crippen LogP contribution < -0.4 is 5.32 Å². The lowest BCUT2D eigenvalue weighted by Crippen LogP contribution is -2.19. The van der Waals surface area contributed by atoms with Crippen molar-refractivity contribution in [3.05, 3.63) is 48.3 Å². The molecule has 2 rings (SSSR count). The van der Waals surface area contributed by atoms with Crippen LogP contribution in [0.1, 0.15) is 5.82 Å². The lowest BCUT2D eigenvalue weighted by Gasteiger charge is -2.06. The maximum Gasteiger partial charge on any atom is 0.244 e. The van der Waals surface area contributed by atoms with Gasteiger partial charge >= 0.3 is 0 Å². The Labute approximate surface area is 98.1 Å². The fraction of sp³-hybridized carbons (Fsp3) is 0.167. The van der Waals surface area contributed by atoms with E-state index in [-0.39, 0.29) is 18.3 Å². The summed E-state index contributed by atoms with van der Waals surface area (Å²) >= 11 is 0. The highest BCUT2D eigenvalue weighted by Gasteiger charge is 2.05. The zero-order chi connectivity index (χ0) is 12.3. The summed E-state index contributed by atoms with van der Waals surface area (Å²) in [5.74, 6) is 0.283. The number of anilines is 1. The van der Waals surface area contributed by atoms with E-state index in [1.807, 2.05) is 6.92 Å². The van der Waals surface area contributed by atoms with E-state index in [1.165, 1.54) is 24.3 Å². The average molecular weight is 233 g/mol. The van der Waals surface area contributed by atoms with Crippen molar-refractivity contribution in [2.45, 2.75) is 13.5 Å². The molecule has 1 heterocycles. The van der Waals surface area contributed by atoms with Crippen molar-refractivity contribution in [3.8, 4) is 0 Å². The van der Waals surface area contributed by atoms with Crippen molar-refractivity contribution in [1.82, 2.24) is 9.55 Å². The Hall–Kier alpha value is -2.17. The van der Waals surface area contributed by atoms with E-state index in [9.17, 15) is 9.18 Å². The third-order valence-corrected chi connectivity index (χ3v) is 2.37. The standard InChI is InChI=1S/C12H12FN3O/c1-9-14-6-7-16(9)8-12(17)15-11-4-2-10(13)3-5-11/h2-7H,8H2,1H3,(H,15,17). The van der Waals surface area contributed by atoms with Crippen LogP contribution in [0.5, 0.6) is 0 Å². The van der Waals surface area contributed by atoms with Crippen LogP contribution >= 0.6 is 0 Å². The number of nitrogens with zero attached hydrogens (tertiary/aromatic N) is 2. The molecular formula is C12H12FN3O. The van der Waals surface area contributed by atoms with Gasteiger partial charge in [0.15, 0.2) is 0 Å². The summed E-state index contributed by atoms with van der Waals surface area (Å²) in [6.45, 7) is 2.02. The quantitative estimate of drug-likeness (QED) is 0.881. The molecule has 0 spiro atoms. The lowest BCUT2D eigenvalue weighted by molar-refractivity contribution is -0.116. The first-order chi connectivity index (χ1) is 8.15. The van der Waals surface area contributed by atoms with Gasteiger partial charge in [-0.05, 0) is 31.2 Å². The number of amides is 1. The summed E-state index contributed by atoms with van der Waals surface area (Å²) in [6.07, 6.45) is 3.38. The Balaban J connectivity index is 1.98. The van der Waals surface area contributed by atoms with Crippen molar-refractivity contribution >= 4 is 11.6 Å². The molecule has 1 aromatic carbocycles. The van der Waals surface area contributed by atoms with E-state index in [4.69, 9.17) is 0 Å². The predicted molar refractivity (Wildman–Crippen MR) is 62.0 cm³/mol. The molecule has 0 aliphatic heterocycles. The van der Waals surface area contributed by atoms with Crippen molar-refractivity contribution in [1.29, 1.82) is 0 Å². The summed E-state index contributed by atoms with van der Waals surface area (Å²) in [6, 6.07) is 5.65. The second-order valence-corrected chi connectivity index (χ2v) is 3.66. The van der Waals surface area contributed by atoms with Gasteiger partial charge in [0, 0.05) is 18.1 Å². The smallest absolute Gasteiger partial charge is 0.244 e. The summed E-state index contributed by atoms with van der Waals surface area (Å²) < 4.78 is 14.4. The second-order valence-electron chi connectivity index (χ2n) is 3.66. The number of hydrogen-bond acceptors (Lipinski definition) is 2. The van der Waals surface area contributed by atoms with Crippen molar-refractivity contribution < 1.29 is 9.18 Å². The van der Waals surface area contributed by atoms with E-state index >= 15 is 0 Å². The number of aromatic nitrogens is 2. The first-order valence-electron chi connectivity index (χ1n) is 5.18. The molecule has 0 saturated carbocycles. The Morgan fingerprint density at radius 3 is 2.71 bits per heavy atom. The van der Waals surface area contributed by atoms with E-state index < -0.39 is 0 Å². The molecule has 1 aromatic heterocycles. The number of carbonyl (C=O) groups excluding carboxylic acids is 1. The molecule has 2 aromatic rings. The third kappa shape index (κ3) is 2.90. The van der Waals surface area contributed by atoms with Crippen LogP contribution in [0.25, 0.3) is 0 Å². The van der Waals surface area contributed by atoms with Gasteiger partial charge in [-0.25, -0.2) is 9.37 Å². The molecule has 0 aliphatic rings. The van der Waals surface area contributed by atoms with Gasteiger partial charge in [-0.3, -0.25) is 4.79 Å². The zero-order valence-electron chi connectivity index (χ0n) is 9.35. The predicted octanol–water partition coefficient (Wildman–Crippen LogP) is 1.97. The monoisotopic (exact) mass is 233 g/mol. The molecule has 17 heavy (non-hydrogen) atoms. The van der Waals surface area contributed by atoms with Crippen LogP contribution in [0.15, 0.2) is 36.7 Å². The third-order valence-electron chi connectivity index (χ3n) is 2.37. The molecule has 0 radical (unpaired) electrons. The van der Waals surface area contributed by atoms with Crippen molar-refractivity contribution in [3.63, 3.8) is 0 Å². The Bertz CT molecular complexity index is 519. The minimum atomic E-state index is -0.326. The number of benzene rings is 1. The molecule has 0 saturated heterocycles. The van der Waals surface area contributed by atoms with Crippen LogP contribution in [0.3, 0.4) is 0 Å². The molecule has 0 aliphatic carbocycles. The minimum Gasteiger partial charge on any atom is -0.326 e. The van der Waals surface area contributed by atoms with Gasteiger partial charge in [0.25, 0.3) is 0 Å². The summed E-state index contributed by atoms with van der Waals surface area (Å²) in [5, 5.41) is 2.68. The van der Waals surface area contributed by atoms with Crippen molar-refractivity contribution in [2.75, 3.05) is 5.32 Å². The van der Waals surface area contributed by atoms with Crippen LogP contribution in [0, 0.1) is 12.7 Å². The topological polar surface area (TPSA) is 46.9 Å². The number of aryl methyl sites for hydroxylation is 1.